The van der Waals surface area contributed by atoms with Crippen LogP contribution in [-0.4, -0.2) is 17.0 Å². The van der Waals surface area contributed by atoms with Crippen LogP contribution in [0.2, 0.25) is 0 Å². The second kappa shape index (κ2) is 7.05. The van der Waals surface area contributed by atoms with Gasteiger partial charge in [0.25, 0.3) is 11.8 Å². The van der Waals surface area contributed by atoms with Gasteiger partial charge in [0.2, 0.25) is 0 Å². The van der Waals surface area contributed by atoms with Crippen molar-refractivity contribution in [3.8, 4) is 0 Å². The number of anilines is 2. The highest BCUT2D eigenvalue weighted by Crippen LogP contribution is 2.18. The highest BCUT2D eigenvalue weighted by molar-refractivity contribution is 6.06. The average Bonchev–Trinajstić information content (AvgIpc) is 2.55. The van der Waals surface area contributed by atoms with Gasteiger partial charge in [-0.15, -0.1) is 0 Å². The number of hydrogen-bond donors (Lipinski definition) is 4. The maximum atomic E-state index is 12.2. The van der Waals surface area contributed by atoms with Crippen molar-refractivity contribution in [3.05, 3.63) is 65.7 Å². The zero-order valence-corrected chi connectivity index (χ0v) is 11.6. The van der Waals surface area contributed by atoms with Gasteiger partial charge in [0.05, 0.1) is 11.4 Å². The predicted molar refractivity (Wildman–Crippen MR) is 84.2 cm³/mol. The fourth-order valence-corrected chi connectivity index (χ4v) is 1.80. The number of carbonyl (C=O) groups is 2. The Kier molecular flexibility index (Phi) is 4.89. The fourth-order valence-electron chi connectivity index (χ4n) is 1.80. The molecule has 0 atom stereocenters. The van der Waals surface area contributed by atoms with Crippen LogP contribution in [0, 0.1) is 0 Å². The largest absolute Gasteiger partial charge is 0.397 e. The van der Waals surface area contributed by atoms with Crippen LogP contribution in [0.4, 0.5) is 11.4 Å². The molecule has 0 aliphatic heterocycles. The molecule has 112 valence electrons. The van der Waals surface area contributed by atoms with E-state index in [1.54, 1.807) is 48.5 Å². The third-order valence-electron chi connectivity index (χ3n) is 2.90. The van der Waals surface area contributed by atoms with Crippen LogP contribution in [0.15, 0.2) is 54.6 Å². The molecule has 0 heterocycles. The number of para-hydroxylation sites is 2. The lowest BCUT2D eigenvalue weighted by atomic mass is 10.1. The zero-order chi connectivity index (χ0) is 15.9. The van der Waals surface area contributed by atoms with Crippen molar-refractivity contribution in [1.29, 1.82) is 0 Å². The molecule has 0 aliphatic carbocycles. The molecule has 0 saturated carbocycles. The van der Waals surface area contributed by atoms with E-state index in [2.05, 4.69) is 5.32 Å². The molecule has 0 bridgehead atoms. The highest BCUT2D eigenvalue weighted by atomic mass is 16.5. The molecule has 2 aromatic carbocycles. The number of rotatable bonds is 4. The number of nitrogens with two attached hydrogens (primary N) is 1. The fraction of sp³-hybridized carbons (Fsp3) is 0. The summed E-state index contributed by atoms with van der Waals surface area (Å²) in [7, 11) is 0. The van der Waals surface area contributed by atoms with E-state index in [4.69, 9.17) is 10.9 Å². The molecule has 0 fully saturated rings. The Hall–Kier alpha value is -3.12. The van der Waals surface area contributed by atoms with Crippen molar-refractivity contribution in [2.24, 2.45) is 0 Å². The number of nitrogens with one attached hydrogen (secondary N) is 2. The van der Waals surface area contributed by atoms with E-state index in [0.29, 0.717) is 22.5 Å². The van der Waals surface area contributed by atoms with Crippen LogP contribution in [0.3, 0.4) is 0 Å². The number of carbonyl (C=O) groups excluding carboxylic acids is 2. The van der Waals surface area contributed by atoms with Crippen molar-refractivity contribution in [1.82, 2.24) is 5.48 Å². The van der Waals surface area contributed by atoms with Gasteiger partial charge in [-0.25, -0.2) is 5.48 Å². The van der Waals surface area contributed by atoms with E-state index in [1.807, 2.05) is 0 Å². The van der Waals surface area contributed by atoms with Gasteiger partial charge in [0.15, 0.2) is 0 Å². The molecule has 0 aliphatic rings. The van der Waals surface area contributed by atoms with Crippen LogP contribution in [0.5, 0.6) is 0 Å². The third-order valence-corrected chi connectivity index (χ3v) is 2.90. The molecular formula is C16H15N3O3. The molecule has 0 aromatic heterocycles. The van der Waals surface area contributed by atoms with Gasteiger partial charge >= 0.3 is 0 Å². The van der Waals surface area contributed by atoms with Gasteiger partial charge in [0.1, 0.15) is 0 Å². The predicted octanol–water partition coefficient (Wildman–Crippen LogP) is 2.04. The van der Waals surface area contributed by atoms with E-state index in [9.17, 15) is 9.59 Å². The van der Waals surface area contributed by atoms with Crippen molar-refractivity contribution >= 4 is 29.3 Å². The molecule has 6 heteroatoms. The Morgan fingerprint density at radius 2 is 1.86 bits per heavy atom. The molecular weight excluding hydrogens is 282 g/mol. The Balaban J connectivity index is 2.15. The molecule has 22 heavy (non-hydrogen) atoms. The lowest BCUT2D eigenvalue weighted by Gasteiger charge is -2.08. The topological polar surface area (TPSA) is 104 Å². The Labute approximate surface area is 127 Å². The minimum atomic E-state index is -0.646. The van der Waals surface area contributed by atoms with Crippen LogP contribution in [-0.2, 0) is 4.79 Å². The van der Waals surface area contributed by atoms with Crippen LogP contribution >= 0.6 is 0 Å². The molecule has 0 unspecified atom stereocenters. The standard InChI is InChI=1S/C16H15N3O3/c17-13-6-1-2-7-14(13)18-16(21)12-5-3-4-11(10-12)8-9-15(20)19-22/h1-10,22H,17H2,(H,18,21)(H,19,20)/b9-8+. The van der Waals surface area contributed by atoms with Gasteiger partial charge < -0.3 is 11.1 Å². The number of benzene rings is 2. The summed E-state index contributed by atoms with van der Waals surface area (Å²) < 4.78 is 0. The summed E-state index contributed by atoms with van der Waals surface area (Å²) in [6.07, 6.45) is 2.64. The van der Waals surface area contributed by atoms with E-state index in [0.717, 1.165) is 6.08 Å². The summed E-state index contributed by atoms with van der Waals surface area (Å²) in [6, 6.07) is 13.7. The zero-order valence-electron chi connectivity index (χ0n) is 11.6. The summed E-state index contributed by atoms with van der Waals surface area (Å²) >= 11 is 0. The number of amides is 2. The summed E-state index contributed by atoms with van der Waals surface area (Å²) in [4.78, 5) is 23.1. The quantitative estimate of drug-likeness (QED) is 0.300. The monoisotopic (exact) mass is 297 g/mol. The smallest absolute Gasteiger partial charge is 0.267 e. The molecule has 2 amide bonds. The van der Waals surface area contributed by atoms with Gasteiger partial charge in [-0.3, -0.25) is 14.8 Å². The normalized spacial score (nSPS) is 10.4. The maximum absolute atomic E-state index is 12.2. The van der Waals surface area contributed by atoms with Crippen molar-refractivity contribution in [3.63, 3.8) is 0 Å². The van der Waals surface area contributed by atoms with Gasteiger partial charge in [-0.05, 0) is 35.9 Å². The van der Waals surface area contributed by atoms with E-state index < -0.39 is 5.91 Å². The van der Waals surface area contributed by atoms with E-state index in [1.165, 1.54) is 11.6 Å². The van der Waals surface area contributed by atoms with Crippen LogP contribution in [0.25, 0.3) is 6.08 Å². The number of hydroxylamine groups is 1. The minimum Gasteiger partial charge on any atom is -0.397 e. The summed E-state index contributed by atoms with van der Waals surface area (Å²) in [5.74, 6) is -0.952. The Bertz CT molecular complexity index is 726. The summed E-state index contributed by atoms with van der Waals surface area (Å²) in [5.41, 5.74) is 9.36. The molecule has 0 saturated heterocycles. The Morgan fingerprint density at radius 1 is 1.09 bits per heavy atom. The van der Waals surface area contributed by atoms with Crippen molar-refractivity contribution < 1.29 is 14.8 Å². The minimum absolute atomic E-state index is 0.306. The highest BCUT2D eigenvalue weighted by Gasteiger charge is 2.07. The van der Waals surface area contributed by atoms with Crippen LogP contribution in [0.1, 0.15) is 15.9 Å². The third kappa shape index (κ3) is 3.94. The van der Waals surface area contributed by atoms with Crippen molar-refractivity contribution in [2.45, 2.75) is 0 Å². The SMILES string of the molecule is Nc1ccccc1NC(=O)c1cccc(/C=C/C(=O)NO)c1. The van der Waals surface area contributed by atoms with Gasteiger partial charge in [-0.2, -0.15) is 0 Å². The molecule has 2 aromatic rings. The van der Waals surface area contributed by atoms with E-state index in [-0.39, 0.29) is 5.91 Å². The molecule has 6 nitrogen and oxygen atoms in total. The first kappa shape index (κ1) is 15.3. The lowest BCUT2D eigenvalue weighted by Crippen LogP contribution is -2.15. The second-order valence-corrected chi connectivity index (χ2v) is 4.48. The summed E-state index contributed by atoms with van der Waals surface area (Å²) in [5, 5.41) is 11.1. The lowest BCUT2D eigenvalue weighted by molar-refractivity contribution is -0.124. The van der Waals surface area contributed by atoms with Crippen molar-refractivity contribution in [2.75, 3.05) is 11.1 Å². The second-order valence-electron chi connectivity index (χ2n) is 4.48. The molecule has 0 radical (unpaired) electrons. The maximum Gasteiger partial charge on any atom is 0.267 e. The summed E-state index contributed by atoms with van der Waals surface area (Å²) in [6.45, 7) is 0. The molecule has 2 rings (SSSR count). The first-order valence-electron chi connectivity index (χ1n) is 6.48. The van der Waals surface area contributed by atoms with Gasteiger partial charge in [0, 0.05) is 11.6 Å². The van der Waals surface area contributed by atoms with Gasteiger partial charge in [-0.1, -0.05) is 24.3 Å². The Morgan fingerprint density at radius 3 is 2.59 bits per heavy atom. The molecule has 0 spiro atoms. The molecule has 5 N–H and O–H groups in total. The average molecular weight is 297 g/mol. The first-order chi connectivity index (χ1) is 10.6. The van der Waals surface area contributed by atoms with Crippen LogP contribution < -0.4 is 16.5 Å². The number of hydrogen-bond acceptors (Lipinski definition) is 4. The first-order valence-corrected chi connectivity index (χ1v) is 6.48. The number of nitrogen functional groups attached to an aromatic ring is 1. The van der Waals surface area contributed by atoms with E-state index >= 15 is 0 Å².